The normalized spacial score (nSPS) is 33.1. The van der Waals surface area contributed by atoms with Gasteiger partial charge in [0.1, 0.15) is 23.9 Å². The number of quaternary nitrogens is 1. The van der Waals surface area contributed by atoms with Crippen LogP contribution in [-0.4, -0.2) is 18.9 Å². The average molecular weight is 319 g/mol. The molecule has 5 atom stereocenters. The van der Waals surface area contributed by atoms with Crippen LogP contribution in [0.3, 0.4) is 0 Å². The first kappa shape index (κ1) is 13.9. The van der Waals surface area contributed by atoms with Crippen LogP contribution in [0.4, 0.5) is 5.69 Å². The minimum atomic E-state index is -0.223. The molecule has 4 heteroatoms. The number of nitrogens with one attached hydrogen (secondary N) is 1. The molecule has 120 valence electrons. The Balaban J connectivity index is 1.61. The Bertz CT molecular complexity index is 824. The van der Waals surface area contributed by atoms with Crippen molar-refractivity contribution in [2.45, 2.75) is 19.0 Å². The number of imide groups is 1. The zero-order valence-electron chi connectivity index (χ0n) is 13.7. The lowest BCUT2D eigenvalue weighted by Crippen LogP contribution is -3.06. The van der Waals surface area contributed by atoms with Crippen LogP contribution < -0.4 is 9.80 Å². The van der Waals surface area contributed by atoms with Crippen LogP contribution in [0.1, 0.15) is 28.8 Å². The van der Waals surface area contributed by atoms with Crippen molar-refractivity contribution in [1.82, 2.24) is 0 Å². The summed E-state index contributed by atoms with van der Waals surface area (Å²) in [5.41, 5.74) is 4.31. The number of aryl methyl sites for hydroxylation is 1. The van der Waals surface area contributed by atoms with Gasteiger partial charge in [0.05, 0.1) is 12.7 Å². The number of nitrogens with zero attached hydrogens (tertiary/aromatic N) is 1. The highest BCUT2D eigenvalue weighted by atomic mass is 16.2. The maximum absolute atomic E-state index is 13.1. The third-order valence-corrected chi connectivity index (χ3v) is 6.06. The summed E-state index contributed by atoms with van der Waals surface area (Å²) in [6, 6.07) is 16.1. The first-order valence-corrected chi connectivity index (χ1v) is 8.46. The van der Waals surface area contributed by atoms with Crippen LogP contribution in [0.15, 0.2) is 48.5 Å². The van der Waals surface area contributed by atoms with Crippen LogP contribution in [0.25, 0.3) is 0 Å². The fourth-order valence-electron chi connectivity index (χ4n) is 5.08. The van der Waals surface area contributed by atoms with Crippen molar-refractivity contribution in [3.63, 3.8) is 0 Å². The predicted molar refractivity (Wildman–Crippen MR) is 89.5 cm³/mol. The summed E-state index contributed by atoms with van der Waals surface area (Å²) in [6.07, 6.45) is 0. The van der Waals surface area contributed by atoms with Crippen LogP contribution in [0.5, 0.6) is 0 Å². The first-order valence-electron chi connectivity index (χ1n) is 8.46. The third-order valence-electron chi connectivity index (χ3n) is 6.06. The summed E-state index contributed by atoms with van der Waals surface area (Å²) < 4.78 is 0. The van der Waals surface area contributed by atoms with Crippen molar-refractivity contribution in [3.05, 3.63) is 65.2 Å². The highest BCUT2D eigenvalue weighted by molar-refractivity contribution is 6.22. The van der Waals surface area contributed by atoms with Crippen molar-refractivity contribution in [2.24, 2.45) is 11.8 Å². The van der Waals surface area contributed by atoms with Gasteiger partial charge in [-0.1, -0.05) is 42.0 Å². The molecule has 2 aromatic carbocycles. The minimum absolute atomic E-state index is 0.0322. The van der Waals surface area contributed by atoms with E-state index < -0.39 is 0 Å². The van der Waals surface area contributed by atoms with E-state index in [-0.39, 0.29) is 35.7 Å². The van der Waals surface area contributed by atoms with Gasteiger partial charge in [-0.15, -0.1) is 0 Å². The summed E-state index contributed by atoms with van der Waals surface area (Å²) >= 11 is 0. The van der Waals surface area contributed by atoms with Crippen LogP contribution in [0, 0.1) is 18.8 Å². The fourth-order valence-corrected chi connectivity index (χ4v) is 5.08. The highest BCUT2D eigenvalue weighted by Gasteiger charge is 2.69. The summed E-state index contributed by atoms with van der Waals surface area (Å²) in [7, 11) is 2.12. The van der Waals surface area contributed by atoms with Gasteiger partial charge in [-0.05, 0) is 19.1 Å². The Morgan fingerprint density at radius 2 is 1.33 bits per heavy atom. The second-order valence-electron chi connectivity index (χ2n) is 7.23. The number of fused-ring (bicyclic) bond motifs is 8. The summed E-state index contributed by atoms with van der Waals surface area (Å²) in [5.74, 6) is -0.511. The van der Waals surface area contributed by atoms with Crippen molar-refractivity contribution in [2.75, 3.05) is 11.9 Å². The monoisotopic (exact) mass is 319 g/mol. The molecule has 0 aliphatic carbocycles. The first-order chi connectivity index (χ1) is 11.6. The molecule has 4 nitrogen and oxygen atoms in total. The van der Waals surface area contributed by atoms with E-state index in [1.54, 1.807) is 0 Å². The van der Waals surface area contributed by atoms with Gasteiger partial charge in [-0.3, -0.25) is 9.59 Å². The lowest BCUT2D eigenvalue weighted by atomic mass is 9.77. The minimum Gasteiger partial charge on any atom is -0.324 e. The van der Waals surface area contributed by atoms with E-state index in [2.05, 4.69) is 19.2 Å². The number of rotatable bonds is 1. The molecule has 1 unspecified atom stereocenters. The molecule has 3 aliphatic rings. The molecule has 2 fully saturated rings. The fraction of sp³-hybridized carbons (Fsp3) is 0.300. The summed E-state index contributed by atoms with van der Waals surface area (Å²) in [5, 5.41) is 0. The number of carbonyl (C=O) groups excluding carboxylic acids is 2. The van der Waals surface area contributed by atoms with Gasteiger partial charge in [-0.25, -0.2) is 4.90 Å². The van der Waals surface area contributed by atoms with Gasteiger partial charge in [0, 0.05) is 11.1 Å². The molecule has 2 saturated heterocycles. The van der Waals surface area contributed by atoms with E-state index in [1.165, 1.54) is 20.9 Å². The topological polar surface area (TPSA) is 41.8 Å². The largest absolute Gasteiger partial charge is 0.324 e. The van der Waals surface area contributed by atoms with Crippen LogP contribution in [-0.2, 0) is 9.59 Å². The van der Waals surface area contributed by atoms with E-state index in [1.807, 2.05) is 43.3 Å². The van der Waals surface area contributed by atoms with Crippen molar-refractivity contribution >= 4 is 17.5 Å². The van der Waals surface area contributed by atoms with Gasteiger partial charge in [-0.2, -0.15) is 0 Å². The Morgan fingerprint density at radius 3 is 1.83 bits per heavy atom. The van der Waals surface area contributed by atoms with Gasteiger partial charge in [0.25, 0.3) is 0 Å². The smallest absolute Gasteiger partial charge is 0.244 e. The number of hydrogen-bond acceptors (Lipinski definition) is 2. The Morgan fingerprint density at radius 1 is 0.833 bits per heavy atom. The number of carbonyl (C=O) groups is 2. The molecule has 0 spiro atoms. The molecule has 2 aromatic rings. The second kappa shape index (κ2) is 4.54. The molecular weight excluding hydrogens is 300 g/mol. The molecule has 0 radical (unpaired) electrons. The standard InChI is InChI=1S/C20H18N2O2/c1-11-7-9-12(10-8-11)22-19(23)15-16(20(22)24)18-14-6-4-3-5-13(14)17(15)21(18)2/h3-10,15-18H,1-2H3/p+1/t15-,16+,17-,18+. The maximum Gasteiger partial charge on any atom is 0.244 e. The number of amides is 2. The number of hydrogen-bond donors (Lipinski definition) is 1. The molecule has 0 aromatic heterocycles. The summed E-state index contributed by atoms with van der Waals surface area (Å²) in [6.45, 7) is 2.00. The van der Waals surface area contributed by atoms with Gasteiger partial charge in [0.2, 0.25) is 11.8 Å². The lowest BCUT2D eigenvalue weighted by molar-refractivity contribution is -0.923. The number of anilines is 1. The van der Waals surface area contributed by atoms with E-state index in [4.69, 9.17) is 0 Å². The van der Waals surface area contributed by atoms with Crippen molar-refractivity contribution in [1.29, 1.82) is 0 Å². The van der Waals surface area contributed by atoms with Crippen molar-refractivity contribution < 1.29 is 14.5 Å². The van der Waals surface area contributed by atoms with E-state index >= 15 is 0 Å². The molecule has 5 rings (SSSR count). The molecule has 3 aliphatic heterocycles. The Labute approximate surface area is 140 Å². The van der Waals surface area contributed by atoms with Crippen LogP contribution in [0.2, 0.25) is 0 Å². The molecule has 1 N–H and O–H groups in total. The highest BCUT2D eigenvalue weighted by Crippen LogP contribution is 2.52. The Kier molecular flexibility index (Phi) is 2.64. The third kappa shape index (κ3) is 1.52. The zero-order chi connectivity index (χ0) is 16.6. The molecule has 2 bridgehead atoms. The lowest BCUT2D eigenvalue weighted by Gasteiger charge is -2.21. The molecular formula is C20H19N2O2+. The summed E-state index contributed by atoms with van der Waals surface area (Å²) in [4.78, 5) is 29.0. The molecule has 3 heterocycles. The van der Waals surface area contributed by atoms with E-state index in [0.717, 1.165) is 5.56 Å². The molecule has 24 heavy (non-hydrogen) atoms. The van der Waals surface area contributed by atoms with Gasteiger partial charge >= 0.3 is 0 Å². The number of benzene rings is 2. The van der Waals surface area contributed by atoms with Crippen molar-refractivity contribution in [3.8, 4) is 0 Å². The van der Waals surface area contributed by atoms with Gasteiger partial charge < -0.3 is 4.90 Å². The van der Waals surface area contributed by atoms with E-state index in [0.29, 0.717) is 5.69 Å². The second-order valence-corrected chi connectivity index (χ2v) is 7.23. The zero-order valence-corrected chi connectivity index (χ0v) is 13.7. The predicted octanol–water partition coefficient (Wildman–Crippen LogP) is 1.42. The van der Waals surface area contributed by atoms with Gasteiger partial charge in [0.15, 0.2) is 0 Å². The average Bonchev–Trinajstić information content (AvgIpc) is 3.14. The quantitative estimate of drug-likeness (QED) is 0.808. The Hall–Kier alpha value is -2.46. The maximum atomic E-state index is 13.1. The van der Waals surface area contributed by atoms with E-state index in [9.17, 15) is 9.59 Å². The molecule has 2 amide bonds. The molecule has 0 saturated carbocycles. The SMILES string of the molecule is Cc1ccc(N2C(=O)[C@@H]3[C@H](C2=O)[C@@H]2c4ccccc4[C@H]3[NH+]2C)cc1. The van der Waals surface area contributed by atoms with Crippen LogP contribution >= 0.6 is 0 Å².